The quantitative estimate of drug-likeness (QED) is 0.873. The van der Waals surface area contributed by atoms with Crippen molar-refractivity contribution >= 4 is 5.91 Å². The van der Waals surface area contributed by atoms with Crippen molar-refractivity contribution in [2.24, 2.45) is 7.05 Å². The van der Waals surface area contributed by atoms with Crippen LogP contribution in [0.5, 0.6) is 11.5 Å². The minimum Gasteiger partial charge on any atom is -0.493 e. The number of methoxy groups -OCH3 is 2. The van der Waals surface area contributed by atoms with Crippen LogP contribution in [0.3, 0.4) is 0 Å². The molecule has 0 saturated carbocycles. The van der Waals surface area contributed by atoms with Crippen LogP contribution in [-0.2, 0) is 13.5 Å². The molecule has 6 heteroatoms. The molecule has 1 amide bonds. The highest BCUT2D eigenvalue weighted by atomic mass is 16.5. The lowest BCUT2D eigenvalue weighted by atomic mass is 10.1. The number of hydrogen-bond donors (Lipinski definition) is 1. The van der Waals surface area contributed by atoms with Crippen molar-refractivity contribution in [1.29, 1.82) is 0 Å². The van der Waals surface area contributed by atoms with Gasteiger partial charge in [-0.1, -0.05) is 6.07 Å². The fraction of sp³-hybridized carbons (Fsp3) is 0.333. The van der Waals surface area contributed by atoms with Crippen molar-refractivity contribution in [1.82, 2.24) is 15.1 Å². The van der Waals surface area contributed by atoms with E-state index < -0.39 is 0 Å². The lowest BCUT2D eigenvalue weighted by Gasteiger charge is -2.10. The molecule has 0 aliphatic rings. The summed E-state index contributed by atoms with van der Waals surface area (Å²) in [6, 6.07) is 7.41. The summed E-state index contributed by atoms with van der Waals surface area (Å²) < 4.78 is 12.0. The monoisotopic (exact) mass is 289 g/mol. The zero-order valence-electron chi connectivity index (χ0n) is 12.4. The molecule has 0 fully saturated rings. The van der Waals surface area contributed by atoms with Crippen molar-refractivity contribution in [2.45, 2.75) is 6.42 Å². The third-order valence-electron chi connectivity index (χ3n) is 3.20. The number of ether oxygens (including phenoxy) is 2. The Kier molecular flexibility index (Phi) is 4.81. The molecule has 0 spiro atoms. The summed E-state index contributed by atoms with van der Waals surface area (Å²) in [5.41, 5.74) is 1.61. The molecular weight excluding hydrogens is 270 g/mol. The Morgan fingerprint density at radius 2 is 2.00 bits per heavy atom. The van der Waals surface area contributed by atoms with Crippen LogP contribution in [0.4, 0.5) is 0 Å². The number of aryl methyl sites for hydroxylation is 1. The average molecular weight is 289 g/mol. The molecule has 0 bridgehead atoms. The summed E-state index contributed by atoms with van der Waals surface area (Å²) in [6.07, 6.45) is 2.31. The molecule has 1 aromatic carbocycles. The molecule has 2 rings (SSSR count). The van der Waals surface area contributed by atoms with E-state index in [4.69, 9.17) is 9.47 Å². The number of nitrogens with one attached hydrogen (secondary N) is 1. The number of amides is 1. The standard InChI is InChI=1S/C15H19N3O3/c1-18-12(7-9-17-18)15(19)16-8-6-11-4-5-13(20-2)14(10-11)21-3/h4-5,7,9-10H,6,8H2,1-3H3,(H,16,19). The zero-order valence-corrected chi connectivity index (χ0v) is 12.4. The molecule has 1 N–H and O–H groups in total. The van der Waals surface area contributed by atoms with Crippen molar-refractivity contribution in [2.75, 3.05) is 20.8 Å². The van der Waals surface area contributed by atoms with Gasteiger partial charge in [0.05, 0.1) is 14.2 Å². The Labute approximate surface area is 123 Å². The number of hydrogen-bond acceptors (Lipinski definition) is 4. The molecule has 1 heterocycles. The molecule has 112 valence electrons. The SMILES string of the molecule is COc1ccc(CCNC(=O)c2ccnn2C)cc1OC. The average Bonchev–Trinajstić information content (AvgIpc) is 2.93. The summed E-state index contributed by atoms with van der Waals surface area (Å²) in [5.74, 6) is 1.25. The van der Waals surface area contributed by atoms with E-state index in [1.807, 2.05) is 18.2 Å². The highest BCUT2D eigenvalue weighted by molar-refractivity contribution is 5.92. The molecular formula is C15H19N3O3. The first-order valence-corrected chi connectivity index (χ1v) is 6.63. The minimum atomic E-state index is -0.129. The summed E-state index contributed by atoms with van der Waals surface area (Å²) in [7, 11) is 4.95. The fourth-order valence-electron chi connectivity index (χ4n) is 2.04. The second-order valence-electron chi connectivity index (χ2n) is 4.54. The van der Waals surface area contributed by atoms with Crippen molar-refractivity contribution in [3.63, 3.8) is 0 Å². The van der Waals surface area contributed by atoms with Gasteiger partial charge < -0.3 is 14.8 Å². The molecule has 0 aliphatic carbocycles. The Balaban J connectivity index is 1.92. The normalized spacial score (nSPS) is 10.2. The molecule has 0 radical (unpaired) electrons. The van der Waals surface area contributed by atoms with Gasteiger partial charge in [-0.25, -0.2) is 0 Å². The summed E-state index contributed by atoms with van der Waals surface area (Å²) >= 11 is 0. The van der Waals surface area contributed by atoms with Gasteiger partial charge in [0.15, 0.2) is 11.5 Å². The van der Waals surface area contributed by atoms with E-state index in [1.165, 1.54) is 0 Å². The number of carbonyl (C=O) groups excluding carboxylic acids is 1. The maximum absolute atomic E-state index is 11.9. The van der Waals surface area contributed by atoms with E-state index in [1.54, 1.807) is 38.2 Å². The van der Waals surface area contributed by atoms with Gasteiger partial charge in [0.25, 0.3) is 5.91 Å². The number of nitrogens with zero attached hydrogens (tertiary/aromatic N) is 2. The Morgan fingerprint density at radius 3 is 2.62 bits per heavy atom. The van der Waals surface area contributed by atoms with E-state index in [2.05, 4.69) is 10.4 Å². The van der Waals surface area contributed by atoms with Crippen molar-refractivity contribution in [3.05, 3.63) is 41.7 Å². The number of carbonyl (C=O) groups is 1. The number of rotatable bonds is 6. The van der Waals surface area contributed by atoms with Gasteiger partial charge in [0.1, 0.15) is 5.69 Å². The van der Waals surface area contributed by atoms with E-state index in [0.717, 1.165) is 5.56 Å². The number of aromatic nitrogens is 2. The van der Waals surface area contributed by atoms with Crippen LogP contribution >= 0.6 is 0 Å². The third-order valence-corrected chi connectivity index (χ3v) is 3.20. The first-order chi connectivity index (χ1) is 10.2. The second-order valence-corrected chi connectivity index (χ2v) is 4.54. The molecule has 2 aromatic rings. The van der Waals surface area contributed by atoms with Crippen LogP contribution < -0.4 is 14.8 Å². The fourth-order valence-corrected chi connectivity index (χ4v) is 2.04. The highest BCUT2D eigenvalue weighted by Gasteiger charge is 2.09. The van der Waals surface area contributed by atoms with E-state index in [9.17, 15) is 4.79 Å². The zero-order chi connectivity index (χ0) is 15.2. The Bertz CT molecular complexity index is 622. The first-order valence-electron chi connectivity index (χ1n) is 6.63. The van der Waals surface area contributed by atoms with Crippen LogP contribution in [0.1, 0.15) is 16.1 Å². The van der Waals surface area contributed by atoms with Crippen molar-refractivity contribution < 1.29 is 14.3 Å². The Hall–Kier alpha value is -2.50. The summed E-state index contributed by atoms with van der Waals surface area (Å²) in [4.78, 5) is 11.9. The van der Waals surface area contributed by atoms with E-state index in [0.29, 0.717) is 30.2 Å². The molecule has 0 atom stereocenters. The molecule has 0 unspecified atom stereocenters. The van der Waals surface area contributed by atoms with Gasteiger partial charge in [-0.05, 0) is 30.2 Å². The first kappa shape index (κ1) is 14.9. The van der Waals surface area contributed by atoms with Crippen molar-refractivity contribution in [3.8, 4) is 11.5 Å². The maximum Gasteiger partial charge on any atom is 0.269 e. The van der Waals surface area contributed by atoms with Gasteiger partial charge in [0.2, 0.25) is 0 Å². The smallest absolute Gasteiger partial charge is 0.269 e. The molecule has 1 aromatic heterocycles. The molecule has 21 heavy (non-hydrogen) atoms. The lowest BCUT2D eigenvalue weighted by Crippen LogP contribution is -2.27. The van der Waals surface area contributed by atoms with Gasteiger partial charge in [0, 0.05) is 19.8 Å². The van der Waals surface area contributed by atoms with Crippen LogP contribution in [0.15, 0.2) is 30.5 Å². The second kappa shape index (κ2) is 6.78. The van der Waals surface area contributed by atoms with Gasteiger partial charge in [-0.2, -0.15) is 5.10 Å². The lowest BCUT2D eigenvalue weighted by molar-refractivity contribution is 0.0944. The van der Waals surface area contributed by atoms with E-state index >= 15 is 0 Å². The molecule has 0 saturated heterocycles. The van der Waals surface area contributed by atoms with Gasteiger partial charge in [-0.3, -0.25) is 9.48 Å². The largest absolute Gasteiger partial charge is 0.493 e. The molecule has 0 aliphatic heterocycles. The summed E-state index contributed by atoms with van der Waals surface area (Å²) in [5, 5.41) is 6.84. The van der Waals surface area contributed by atoms with Crippen LogP contribution in [0, 0.1) is 0 Å². The highest BCUT2D eigenvalue weighted by Crippen LogP contribution is 2.27. The summed E-state index contributed by atoms with van der Waals surface area (Å²) in [6.45, 7) is 0.541. The van der Waals surface area contributed by atoms with E-state index in [-0.39, 0.29) is 5.91 Å². The minimum absolute atomic E-state index is 0.129. The van der Waals surface area contributed by atoms with Gasteiger partial charge in [-0.15, -0.1) is 0 Å². The van der Waals surface area contributed by atoms with Crippen LogP contribution in [-0.4, -0.2) is 36.5 Å². The Morgan fingerprint density at radius 1 is 1.24 bits per heavy atom. The van der Waals surface area contributed by atoms with Crippen LogP contribution in [0.25, 0.3) is 0 Å². The third kappa shape index (κ3) is 3.53. The van der Waals surface area contributed by atoms with Crippen LogP contribution in [0.2, 0.25) is 0 Å². The maximum atomic E-state index is 11.9. The topological polar surface area (TPSA) is 65.4 Å². The predicted octanol–water partition coefficient (Wildman–Crippen LogP) is 1.41. The number of benzene rings is 1. The predicted molar refractivity (Wildman–Crippen MR) is 78.8 cm³/mol. The molecule has 6 nitrogen and oxygen atoms in total. The van der Waals surface area contributed by atoms with Gasteiger partial charge >= 0.3 is 0 Å².